The van der Waals surface area contributed by atoms with E-state index in [0.717, 1.165) is 36.4 Å². The van der Waals surface area contributed by atoms with Crippen LogP contribution in [-0.2, 0) is 4.79 Å². The Morgan fingerprint density at radius 2 is 2.16 bits per heavy atom. The molecule has 104 valence electrons. The molecule has 0 saturated carbocycles. The van der Waals surface area contributed by atoms with Crippen LogP contribution in [0.4, 0.5) is 11.4 Å². The second-order valence-corrected chi connectivity index (χ2v) is 5.43. The zero-order valence-electron chi connectivity index (χ0n) is 11.3. The van der Waals surface area contributed by atoms with Gasteiger partial charge in [-0.25, -0.2) is 0 Å². The molecule has 0 unspecified atom stereocenters. The highest BCUT2D eigenvalue weighted by molar-refractivity contribution is 6.31. The smallest absolute Gasteiger partial charge is 0.305 e. The first-order chi connectivity index (χ1) is 8.99. The number of carboxylic acids is 1. The molecule has 0 radical (unpaired) electrons. The Bertz CT molecular complexity index is 491. The maximum Gasteiger partial charge on any atom is 0.305 e. The summed E-state index contributed by atoms with van der Waals surface area (Å²) >= 11 is 6.15. The van der Waals surface area contributed by atoms with E-state index in [1.807, 2.05) is 19.1 Å². The highest BCUT2D eigenvalue weighted by Crippen LogP contribution is 2.37. The van der Waals surface area contributed by atoms with E-state index in [4.69, 9.17) is 16.7 Å². The molecule has 2 rings (SSSR count). The Labute approximate surface area is 118 Å². The predicted molar refractivity (Wildman–Crippen MR) is 78.5 cm³/mol. The van der Waals surface area contributed by atoms with Gasteiger partial charge >= 0.3 is 5.97 Å². The van der Waals surface area contributed by atoms with E-state index in [0.29, 0.717) is 11.6 Å². The van der Waals surface area contributed by atoms with Crippen molar-refractivity contribution in [2.24, 2.45) is 0 Å². The SMILES string of the molecule is Cc1cc(Cl)cc2c1N(C)CCCN2CCC(=O)O. The van der Waals surface area contributed by atoms with E-state index in [1.165, 1.54) is 0 Å². The maximum absolute atomic E-state index is 10.8. The van der Waals surface area contributed by atoms with Crippen LogP contribution < -0.4 is 9.80 Å². The Balaban J connectivity index is 2.38. The van der Waals surface area contributed by atoms with Gasteiger partial charge in [0.05, 0.1) is 17.8 Å². The third kappa shape index (κ3) is 3.13. The Hall–Kier alpha value is -1.42. The molecule has 0 aliphatic carbocycles. The first-order valence-corrected chi connectivity index (χ1v) is 6.85. The summed E-state index contributed by atoms with van der Waals surface area (Å²) in [4.78, 5) is 15.1. The first-order valence-electron chi connectivity index (χ1n) is 6.47. The molecule has 0 amide bonds. The summed E-state index contributed by atoms with van der Waals surface area (Å²) in [7, 11) is 2.07. The summed E-state index contributed by atoms with van der Waals surface area (Å²) in [5, 5.41) is 9.56. The Kier molecular flexibility index (Phi) is 4.20. The molecule has 0 fully saturated rings. The quantitative estimate of drug-likeness (QED) is 0.926. The van der Waals surface area contributed by atoms with Crippen LogP contribution in [-0.4, -0.2) is 37.8 Å². The lowest BCUT2D eigenvalue weighted by atomic mass is 10.1. The molecule has 1 aliphatic heterocycles. The predicted octanol–water partition coefficient (Wildman–Crippen LogP) is 2.77. The summed E-state index contributed by atoms with van der Waals surface area (Å²) in [6.07, 6.45) is 1.16. The Morgan fingerprint density at radius 1 is 1.42 bits per heavy atom. The average Bonchev–Trinajstić information content (AvgIpc) is 2.46. The van der Waals surface area contributed by atoms with Gasteiger partial charge < -0.3 is 14.9 Å². The number of aryl methyl sites for hydroxylation is 1. The van der Waals surface area contributed by atoms with Crippen molar-refractivity contribution in [3.05, 3.63) is 22.7 Å². The Morgan fingerprint density at radius 3 is 2.84 bits per heavy atom. The van der Waals surface area contributed by atoms with E-state index in [1.54, 1.807) is 0 Å². The second kappa shape index (κ2) is 5.70. The molecule has 1 heterocycles. The van der Waals surface area contributed by atoms with Crippen molar-refractivity contribution >= 4 is 28.9 Å². The number of hydrogen-bond acceptors (Lipinski definition) is 3. The number of rotatable bonds is 3. The van der Waals surface area contributed by atoms with Gasteiger partial charge in [0, 0.05) is 31.7 Å². The lowest BCUT2D eigenvalue weighted by Crippen LogP contribution is -2.26. The number of benzene rings is 1. The molecule has 0 atom stereocenters. The first kappa shape index (κ1) is 14.0. The van der Waals surface area contributed by atoms with Crippen LogP contribution in [0.15, 0.2) is 12.1 Å². The van der Waals surface area contributed by atoms with Crippen molar-refractivity contribution in [2.75, 3.05) is 36.5 Å². The molecule has 0 aromatic heterocycles. The summed E-state index contributed by atoms with van der Waals surface area (Å²) < 4.78 is 0. The molecule has 0 saturated heterocycles. The fourth-order valence-electron chi connectivity index (χ4n) is 2.65. The number of nitrogens with zero attached hydrogens (tertiary/aromatic N) is 2. The van der Waals surface area contributed by atoms with Crippen LogP contribution >= 0.6 is 11.6 Å². The number of hydrogen-bond donors (Lipinski definition) is 1. The highest BCUT2D eigenvalue weighted by Gasteiger charge is 2.21. The van der Waals surface area contributed by atoms with Gasteiger partial charge in [-0.2, -0.15) is 0 Å². The van der Waals surface area contributed by atoms with E-state index >= 15 is 0 Å². The summed E-state index contributed by atoms with van der Waals surface area (Å²) in [5.74, 6) is -0.766. The number of aliphatic carboxylic acids is 1. The summed E-state index contributed by atoms with van der Waals surface area (Å²) in [6, 6.07) is 3.89. The molecule has 4 nitrogen and oxygen atoms in total. The van der Waals surface area contributed by atoms with E-state index < -0.39 is 5.97 Å². The zero-order valence-corrected chi connectivity index (χ0v) is 12.1. The van der Waals surface area contributed by atoms with Crippen molar-refractivity contribution in [2.45, 2.75) is 19.8 Å². The molecule has 0 bridgehead atoms. The number of halogens is 1. The van der Waals surface area contributed by atoms with Crippen LogP contribution in [0.1, 0.15) is 18.4 Å². The lowest BCUT2D eigenvalue weighted by Gasteiger charge is -2.27. The number of fused-ring (bicyclic) bond motifs is 1. The third-order valence-corrected chi connectivity index (χ3v) is 3.70. The van der Waals surface area contributed by atoms with E-state index in [9.17, 15) is 4.79 Å². The van der Waals surface area contributed by atoms with Crippen molar-refractivity contribution in [1.82, 2.24) is 0 Å². The van der Waals surface area contributed by atoms with Gasteiger partial charge in [-0.1, -0.05) is 11.6 Å². The second-order valence-electron chi connectivity index (χ2n) is 5.00. The molecule has 1 N–H and O–H groups in total. The van der Waals surface area contributed by atoms with Crippen molar-refractivity contribution in [1.29, 1.82) is 0 Å². The molecule has 5 heteroatoms. The standard InChI is InChI=1S/C14H19ClN2O2/c1-10-8-11(15)9-12-14(10)16(2)5-3-6-17(12)7-4-13(18)19/h8-9H,3-7H2,1-2H3,(H,18,19). The minimum absolute atomic E-state index is 0.148. The molecule has 19 heavy (non-hydrogen) atoms. The van der Waals surface area contributed by atoms with Gasteiger partial charge in [0.15, 0.2) is 0 Å². The summed E-state index contributed by atoms with van der Waals surface area (Å²) in [5.41, 5.74) is 3.34. The lowest BCUT2D eigenvalue weighted by molar-refractivity contribution is -0.136. The normalized spacial score (nSPS) is 15.1. The average molecular weight is 283 g/mol. The fourth-order valence-corrected chi connectivity index (χ4v) is 2.92. The summed E-state index contributed by atoms with van der Waals surface area (Å²) in [6.45, 7) is 4.40. The number of anilines is 2. The maximum atomic E-state index is 10.8. The van der Waals surface area contributed by atoms with E-state index in [2.05, 4.69) is 16.8 Å². The van der Waals surface area contributed by atoms with Crippen LogP contribution in [0.5, 0.6) is 0 Å². The highest BCUT2D eigenvalue weighted by atomic mass is 35.5. The molecule has 1 aromatic rings. The molecular formula is C14H19ClN2O2. The molecule has 1 aliphatic rings. The van der Waals surface area contributed by atoms with Gasteiger partial charge in [-0.05, 0) is 31.0 Å². The van der Waals surface area contributed by atoms with Gasteiger partial charge in [0.2, 0.25) is 0 Å². The minimum Gasteiger partial charge on any atom is -0.481 e. The largest absolute Gasteiger partial charge is 0.481 e. The molecule has 1 aromatic carbocycles. The van der Waals surface area contributed by atoms with Crippen molar-refractivity contribution < 1.29 is 9.90 Å². The molecular weight excluding hydrogens is 264 g/mol. The van der Waals surface area contributed by atoms with Crippen LogP contribution in [0.25, 0.3) is 0 Å². The number of carboxylic acid groups (broad SMARTS) is 1. The van der Waals surface area contributed by atoms with Gasteiger partial charge in [-0.3, -0.25) is 4.79 Å². The molecule has 0 spiro atoms. The van der Waals surface area contributed by atoms with Crippen molar-refractivity contribution in [3.63, 3.8) is 0 Å². The minimum atomic E-state index is -0.766. The van der Waals surface area contributed by atoms with Crippen LogP contribution in [0.3, 0.4) is 0 Å². The van der Waals surface area contributed by atoms with Gasteiger partial charge in [0.25, 0.3) is 0 Å². The third-order valence-electron chi connectivity index (χ3n) is 3.48. The van der Waals surface area contributed by atoms with Crippen LogP contribution in [0.2, 0.25) is 5.02 Å². The fraction of sp³-hybridized carbons (Fsp3) is 0.500. The van der Waals surface area contributed by atoms with Gasteiger partial charge in [-0.15, -0.1) is 0 Å². The van der Waals surface area contributed by atoms with Gasteiger partial charge in [0.1, 0.15) is 0 Å². The monoisotopic (exact) mass is 282 g/mol. The van der Waals surface area contributed by atoms with E-state index in [-0.39, 0.29) is 6.42 Å². The van der Waals surface area contributed by atoms with Crippen molar-refractivity contribution in [3.8, 4) is 0 Å². The zero-order chi connectivity index (χ0) is 14.0. The topological polar surface area (TPSA) is 43.8 Å². The van der Waals surface area contributed by atoms with Crippen LogP contribution in [0, 0.1) is 6.92 Å². The number of carbonyl (C=O) groups is 1.